The SMILES string of the molecule is CC(SC(N)=NN)C(=O)O. The van der Waals surface area contributed by atoms with Crippen molar-refractivity contribution in [2.24, 2.45) is 16.7 Å². The number of nitrogens with zero attached hydrogens (tertiary/aromatic N) is 1. The Morgan fingerprint density at radius 1 is 1.80 bits per heavy atom. The van der Waals surface area contributed by atoms with Crippen LogP contribution in [0.5, 0.6) is 0 Å². The molecule has 0 heterocycles. The smallest absolute Gasteiger partial charge is 0.316 e. The van der Waals surface area contributed by atoms with Crippen molar-refractivity contribution in [3.05, 3.63) is 0 Å². The monoisotopic (exact) mass is 163 g/mol. The number of carboxylic acid groups (broad SMARTS) is 1. The highest BCUT2D eigenvalue weighted by Gasteiger charge is 2.12. The van der Waals surface area contributed by atoms with Crippen LogP contribution in [-0.2, 0) is 4.79 Å². The second kappa shape index (κ2) is 3.99. The van der Waals surface area contributed by atoms with Crippen molar-refractivity contribution in [3.8, 4) is 0 Å². The van der Waals surface area contributed by atoms with Crippen LogP contribution in [0.3, 0.4) is 0 Å². The van der Waals surface area contributed by atoms with Gasteiger partial charge in [-0.05, 0) is 6.92 Å². The maximum atomic E-state index is 10.2. The first kappa shape index (κ1) is 9.09. The number of rotatable bonds is 2. The molecule has 0 bridgehead atoms. The first-order chi connectivity index (χ1) is 4.57. The van der Waals surface area contributed by atoms with Gasteiger partial charge >= 0.3 is 5.97 Å². The van der Waals surface area contributed by atoms with E-state index in [1.165, 1.54) is 6.92 Å². The summed E-state index contributed by atoms with van der Waals surface area (Å²) in [5.41, 5.74) is 5.14. The third kappa shape index (κ3) is 3.18. The molecule has 0 saturated carbocycles. The van der Waals surface area contributed by atoms with Gasteiger partial charge in [0.25, 0.3) is 0 Å². The van der Waals surface area contributed by atoms with Gasteiger partial charge in [0.2, 0.25) is 0 Å². The highest BCUT2D eigenvalue weighted by Crippen LogP contribution is 2.08. The molecule has 0 aromatic heterocycles. The van der Waals surface area contributed by atoms with E-state index in [-0.39, 0.29) is 5.17 Å². The van der Waals surface area contributed by atoms with E-state index >= 15 is 0 Å². The first-order valence-corrected chi connectivity index (χ1v) is 3.38. The Balaban J connectivity index is 3.80. The molecule has 0 spiro atoms. The quantitative estimate of drug-likeness (QED) is 0.218. The minimum Gasteiger partial charge on any atom is -0.480 e. The standard InChI is InChI=1S/C4H9N3O2S/c1-2(3(8)9)10-4(5)7-6/h2H,6H2,1H3,(H2,5,7)(H,8,9). The Bertz CT molecular complexity index is 159. The number of aliphatic carboxylic acids is 1. The largest absolute Gasteiger partial charge is 0.480 e. The molecule has 0 fully saturated rings. The van der Waals surface area contributed by atoms with Crippen LogP contribution in [0.15, 0.2) is 5.10 Å². The number of hydrogen-bond donors (Lipinski definition) is 3. The number of nitrogens with two attached hydrogens (primary N) is 2. The molecule has 5 N–H and O–H groups in total. The van der Waals surface area contributed by atoms with E-state index in [1.54, 1.807) is 0 Å². The number of amidine groups is 1. The van der Waals surface area contributed by atoms with Crippen LogP contribution >= 0.6 is 11.8 Å². The van der Waals surface area contributed by atoms with Crippen LogP contribution in [0.1, 0.15) is 6.92 Å². The summed E-state index contributed by atoms with van der Waals surface area (Å²) in [5.74, 6) is 3.84. The molecule has 0 radical (unpaired) electrons. The van der Waals surface area contributed by atoms with E-state index in [0.29, 0.717) is 0 Å². The van der Waals surface area contributed by atoms with Crippen molar-refractivity contribution in [1.82, 2.24) is 0 Å². The molecule has 0 aliphatic carbocycles. The van der Waals surface area contributed by atoms with Gasteiger partial charge < -0.3 is 16.7 Å². The van der Waals surface area contributed by atoms with Crippen molar-refractivity contribution in [2.45, 2.75) is 12.2 Å². The molecule has 0 aromatic carbocycles. The molecule has 0 rings (SSSR count). The van der Waals surface area contributed by atoms with Crippen molar-refractivity contribution in [3.63, 3.8) is 0 Å². The van der Waals surface area contributed by atoms with Gasteiger partial charge in [-0.3, -0.25) is 4.79 Å². The van der Waals surface area contributed by atoms with Gasteiger partial charge in [0.05, 0.1) is 0 Å². The fourth-order valence-corrected chi connectivity index (χ4v) is 0.786. The van der Waals surface area contributed by atoms with Crippen LogP contribution in [0.2, 0.25) is 0 Å². The molecule has 0 amide bonds. The van der Waals surface area contributed by atoms with E-state index in [1.807, 2.05) is 0 Å². The molecule has 6 heteroatoms. The summed E-state index contributed by atoms with van der Waals surface area (Å²) in [4.78, 5) is 10.2. The summed E-state index contributed by atoms with van der Waals surface area (Å²) in [5, 5.41) is 10.9. The molecule has 5 nitrogen and oxygen atoms in total. The highest BCUT2D eigenvalue weighted by molar-refractivity contribution is 8.14. The van der Waals surface area contributed by atoms with Gasteiger partial charge in [-0.15, -0.1) is 0 Å². The fourth-order valence-electron chi connectivity index (χ4n) is 0.262. The molecule has 0 aliphatic rings. The minimum atomic E-state index is -0.934. The van der Waals surface area contributed by atoms with Crippen LogP contribution in [0, 0.1) is 0 Å². The molecule has 10 heavy (non-hydrogen) atoms. The van der Waals surface area contributed by atoms with Crippen molar-refractivity contribution >= 4 is 22.9 Å². The Morgan fingerprint density at radius 3 is 2.60 bits per heavy atom. The first-order valence-electron chi connectivity index (χ1n) is 2.50. The molecular formula is C4H9N3O2S. The summed E-state index contributed by atoms with van der Waals surface area (Å²) < 4.78 is 0. The van der Waals surface area contributed by atoms with Gasteiger partial charge in [-0.2, -0.15) is 5.10 Å². The van der Waals surface area contributed by atoms with E-state index < -0.39 is 11.2 Å². The van der Waals surface area contributed by atoms with Gasteiger partial charge in [0.1, 0.15) is 5.25 Å². The Hall–Kier alpha value is -0.910. The van der Waals surface area contributed by atoms with E-state index in [4.69, 9.17) is 16.7 Å². The van der Waals surface area contributed by atoms with Crippen molar-refractivity contribution in [1.29, 1.82) is 0 Å². The summed E-state index contributed by atoms with van der Waals surface area (Å²) in [6.07, 6.45) is 0. The zero-order valence-electron chi connectivity index (χ0n) is 5.44. The van der Waals surface area contributed by atoms with E-state index in [9.17, 15) is 4.79 Å². The van der Waals surface area contributed by atoms with Crippen LogP contribution < -0.4 is 11.6 Å². The van der Waals surface area contributed by atoms with Gasteiger partial charge in [-0.25, -0.2) is 0 Å². The second-order valence-electron chi connectivity index (χ2n) is 1.57. The normalized spacial score (nSPS) is 14.7. The summed E-state index contributed by atoms with van der Waals surface area (Å²) in [7, 11) is 0. The third-order valence-corrected chi connectivity index (χ3v) is 1.67. The van der Waals surface area contributed by atoms with Gasteiger partial charge in [0, 0.05) is 0 Å². The van der Waals surface area contributed by atoms with Crippen molar-refractivity contribution < 1.29 is 9.90 Å². The predicted octanol–water partition coefficient (Wildman–Crippen LogP) is -0.619. The summed E-state index contributed by atoms with van der Waals surface area (Å²) in [6, 6.07) is 0. The van der Waals surface area contributed by atoms with Crippen molar-refractivity contribution in [2.75, 3.05) is 0 Å². The lowest BCUT2D eigenvalue weighted by Gasteiger charge is -2.02. The van der Waals surface area contributed by atoms with Crippen LogP contribution in [0.25, 0.3) is 0 Å². The third-order valence-electron chi connectivity index (χ3n) is 0.773. The average molecular weight is 163 g/mol. The maximum absolute atomic E-state index is 10.2. The highest BCUT2D eigenvalue weighted by atomic mass is 32.2. The topological polar surface area (TPSA) is 102 Å². The maximum Gasteiger partial charge on any atom is 0.316 e. The molecular weight excluding hydrogens is 154 g/mol. The Morgan fingerprint density at radius 2 is 2.30 bits per heavy atom. The number of hydrazone groups is 1. The Kier molecular flexibility index (Phi) is 3.63. The molecule has 0 saturated heterocycles. The van der Waals surface area contributed by atoms with Gasteiger partial charge in [-0.1, -0.05) is 11.8 Å². The summed E-state index contributed by atoms with van der Waals surface area (Å²) in [6.45, 7) is 1.50. The zero-order chi connectivity index (χ0) is 8.15. The molecule has 0 aliphatic heterocycles. The minimum absolute atomic E-state index is 0.0786. The lowest BCUT2D eigenvalue weighted by molar-refractivity contribution is -0.136. The number of carboxylic acids is 1. The number of hydrogen-bond acceptors (Lipinski definition) is 4. The molecule has 0 aromatic rings. The van der Waals surface area contributed by atoms with Crippen LogP contribution in [0.4, 0.5) is 0 Å². The lowest BCUT2D eigenvalue weighted by atomic mass is 10.5. The summed E-state index contributed by atoms with van der Waals surface area (Å²) >= 11 is 0.911. The van der Waals surface area contributed by atoms with E-state index in [0.717, 1.165) is 11.8 Å². The van der Waals surface area contributed by atoms with Crippen LogP contribution in [-0.4, -0.2) is 21.5 Å². The lowest BCUT2D eigenvalue weighted by Crippen LogP contribution is -2.19. The number of carbonyl (C=O) groups is 1. The Labute approximate surface area is 62.5 Å². The van der Waals surface area contributed by atoms with Gasteiger partial charge in [0.15, 0.2) is 5.17 Å². The fraction of sp³-hybridized carbons (Fsp3) is 0.500. The molecule has 1 unspecified atom stereocenters. The zero-order valence-corrected chi connectivity index (χ0v) is 6.26. The predicted molar refractivity (Wildman–Crippen MR) is 40.5 cm³/mol. The van der Waals surface area contributed by atoms with E-state index in [2.05, 4.69) is 5.10 Å². The number of thioether (sulfide) groups is 1. The molecule has 58 valence electrons. The second-order valence-corrected chi connectivity index (χ2v) is 2.93. The average Bonchev–Trinajstić information content (AvgIpc) is 1.87. The molecule has 1 atom stereocenters.